The van der Waals surface area contributed by atoms with Gasteiger partial charge < -0.3 is 14.6 Å². The summed E-state index contributed by atoms with van der Waals surface area (Å²) in [5, 5.41) is 15.8. The van der Waals surface area contributed by atoms with E-state index in [1.807, 2.05) is 19.3 Å². The van der Waals surface area contributed by atoms with Crippen molar-refractivity contribution >= 4 is 17.2 Å². The van der Waals surface area contributed by atoms with Crippen LogP contribution in [0.1, 0.15) is 11.3 Å². The van der Waals surface area contributed by atoms with E-state index in [1.54, 1.807) is 12.1 Å². The largest absolute Gasteiger partial charge is 0.507 e. The third kappa shape index (κ3) is 3.77. The standard InChI is InChI=1S/C11H9N2O2.CH4O.U/c1-7-3-9-4-8(6-14)5-10(15-2)11(9)13-12-7;1-2;/h3-5H,1-2H3;2H,1H3;/q-1;;. The maximum absolute atomic E-state index is 10.6. The van der Waals surface area contributed by atoms with E-state index in [0.717, 1.165) is 18.2 Å². The van der Waals surface area contributed by atoms with Crippen molar-refractivity contribution < 1.29 is 45.8 Å². The Labute approximate surface area is 129 Å². The minimum atomic E-state index is 0. The zero-order valence-corrected chi connectivity index (χ0v) is 14.6. The van der Waals surface area contributed by atoms with Gasteiger partial charge in [-0.25, -0.2) is 0 Å². The molecule has 1 aromatic heterocycles. The molecule has 0 fully saturated rings. The second-order valence-corrected chi connectivity index (χ2v) is 3.20. The molecule has 94 valence electrons. The number of hydrogen-bond acceptors (Lipinski definition) is 5. The zero-order valence-electron chi connectivity index (χ0n) is 10.4. The first kappa shape index (κ1) is 17.0. The third-order valence-electron chi connectivity index (χ3n) is 2.11. The van der Waals surface area contributed by atoms with Crippen LogP contribution in [0.15, 0.2) is 18.2 Å². The van der Waals surface area contributed by atoms with Crippen LogP contribution < -0.4 is 4.74 Å². The zero-order chi connectivity index (χ0) is 12.8. The number of carbonyl (C=O) groups excluding carboxylic acids is 1. The summed E-state index contributed by atoms with van der Waals surface area (Å²) in [4.78, 5) is 10.6. The molecule has 0 saturated heterocycles. The number of benzene rings is 1. The number of hydrogen-bond donors (Lipinski definition) is 1. The first-order chi connectivity index (χ1) is 8.24. The summed E-state index contributed by atoms with van der Waals surface area (Å²) < 4.78 is 5.13. The third-order valence-corrected chi connectivity index (χ3v) is 2.11. The molecule has 0 atom stereocenters. The van der Waals surface area contributed by atoms with Crippen molar-refractivity contribution in [2.75, 3.05) is 14.2 Å². The molecule has 0 bridgehead atoms. The number of aryl methyl sites for hydroxylation is 1. The predicted molar refractivity (Wildman–Crippen MR) is 63.8 cm³/mol. The van der Waals surface area contributed by atoms with Gasteiger partial charge in [-0.1, -0.05) is 0 Å². The van der Waals surface area contributed by atoms with Crippen molar-refractivity contribution in [3.8, 4) is 5.75 Å². The van der Waals surface area contributed by atoms with Gasteiger partial charge in [-0.2, -0.15) is 11.2 Å². The topological polar surface area (TPSA) is 72.3 Å². The van der Waals surface area contributed by atoms with E-state index in [-0.39, 0.29) is 31.1 Å². The number of methoxy groups -OCH3 is 1. The van der Waals surface area contributed by atoms with Gasteiger partial charge in [0.2, 0.25) is 0 Å². The van der Waals surface area contributed by atoms with Crippen molar-refractivity contribution in [3.05, 3.63) is 29.5 Å². The molecular weight excluding hydrogens is 458 g/mol. The van der Waals surface area contributed by atoms with Crippen molar-refractivity contribution in [2.45, 2.75) is 6.92 Å². The quantitative estimate of drug-likeness (QED) is 0.663. The summed E-state index contributed by atoms with van der Waals surface area (Å²) >= 11 is 0. The van der Waals surface area contributed by atoms with Crippen molar-refractivity contribution in [3.63, 3.8) is 0 Å². The molecule has 0 aliphatic carbocycles. The number of nitrogens with zero attached hydrogens (tertiary/aromatic N) is 2. The molecule has 6 heteroatoms. The summed E-state index contributed by atoms with van der Waals surface area (Å²) in [6.07, 6.45) is 1.84. The van der Waals surface area contributed by atoms with E-state index in [1.165, 1.54) is 7.11 Å². The van der Waals surface area contributed by atoms with Crippen LogP contribution in [-0.4, -0.2) is 35.8 Å². The SMILES string of the molecule is CO.COc1cc([C-]=O)cc2cc(C)nnc12.[U]. The van der Waals surface area contributed by atoms with Crippen LogP contribution in [-0.2, 0) is 4.79 Å². The maximum atomic E-state index is 10.6. The van der Waals surface area contributed by atoms with E-state index in [2.05, 4.69) is 10.2 Å². The maximum Gasteiger partial charge on any atom is 0.110 e. The summed E-state index contributed by atoms with van der Waals surface area (Å²) in [7, 11) is 2.53. The fourth-order valence-electron chi connectivity index (χ4n) is 1.44. The van der Waals surface area contributed by atoms with Gasteiger partial charge >= 0.3 is 0 Å². The van der Waals surface area contributed by atoms with Crippen LogP contribution in [0.25, 0.3) is 10.9 Å². The number of aliphatic hydroxyl groups is 1. The summed E-state index contributed by atoms with van der Waals surface area (Å²) in [6.45, 7) is 1.84. The van der Waals surface area contributed by atoms with Gasteiger partial charge in [-0.3, -0.25) is 0 Å². The van der Waals surface area contributed by atoms with E-state index in [0.29, 0.717) is 16.8 Å². The van der Waals surface area contributed by atoms with Gasteiger partial charge in [0.1, 0.15) is 5.52 Å². The summed E-state index contributed by atoms with van der Waals surface area (Å²) in [5.74, 6) is 0.540. The van der Waals surface area contributed by atoms with Crippen LogP contribution in [0.4, 0.5) is 0 Å². The smallest absolute Gasteiger partial charge is 0.110 e. The minimum absolute atomic E-state index is 0. The molecule has 5 nitrogen and oxygen atoms in total. The molecule has 18 heavy (non-hydrogen) atoms. The Bertz CT molecular complexity index is 532. The number of rotatable bonds is 2. The van der Waals surface area contributed by atoms with Crippen molar-refractivity contribution in [2.24, 2.45) is 0 Å². The van der Waals surface area contributed by atoms with Gasteiger partial charge in [0, 0.05) is 38.2 Å². The van der Waals surface area contributed by atoms with Gasteiger partial charge in [0.25, 0.3) is 0 Å². The molecule has 0 spiro atoms. The normalized spacial score (nSPS) is 8.89. The molecule has 1 N–H and O–H groups in total. The summed E-state index contributed by atoms with van der Waals surface area (Å²) in [6, 6.07) is 5.16. The molecule has 1 heterocycles. The Hall–Kier alpha value is -0.958. The Balaban J connectivity index is 0.000000917. The second kappa shape index (κ2) is 8.20. The molecule has 0 unspecified atom stereocenters. The molecule has 0 radical (unpaired) electrons. The van der Waals surface area contributed by atoms with Crippen molar-refractivity contribution in [1.29, 1.82) is 0 Å². The van der Waals surface area contributed by atoms with Crippen LogP contribution in [0.5, 0.6) is 5.75 Å². The molecule has 2 aromatic rings. The Kier molecular flexibility index (Phi) is 7.76. The monoisotopic (exact) mass is 471 g/mol. The number of aromatic nitrogens is 2. The van der Waals surface area contributed by atoms with E-state index >= 15 is 0 Å². The van der Waals surface area contributed by atoms with Crippen LogP contribution in [0.3, 0.4) is 0 Å². The number of fused-ring (bicyclic) bond motifs is 1. The summed E-state index contributed by atoms with van der Waals surface area (Å²) in [5.41, 5.74) is 1.90. The average Bonchev–Trinajstić information content (AvgIpc) is 2.39. The first-order valence-electron chi connectivity index (χ1n) is 4.89. The molecule has 0 saturated carbocycles. The van der Waals surface area contributed by atoms with Gasteiger partial charge in [0.05, 0.1) is 24.8 Å². The average molecular weight is 471 g/mol. The fourth-order valence-corrected chi connectivity index (χ4v) is 1.44. The Morgan fingerprint density at radius 1 is 1.22 bits per heavy atom. The van der Waals surface area contributed by atoms with Gasteiger partial charge in [-0.15, -0.1) is 16.7 Å². The Morgan fingerprint density at radius 3 is 2.44 bits per heavy atom. The number of ether oxygens (including phenoxy) is 1. The van der Waals surface area contributed by atoms with E-state index < -0.39 is 0 Å². The first-order valence-corrected chi connectivity index (χ1v) is 4.89. The molecule has 1 aromatic carbocycles. The molecule has 0 amide bonds. The molecule has 2 rings (SSSR count). The predicted octanol–water partition coefficient (Wildman–Crippen LogP) is 1.01. The van der Waals surface area contributed by atoms with Crippen LogP contribution in [0.2, 0.25) is 0 Å². The molecule has 0 aliphatic heterocycles. The minimum Gasteiger partial charge on any atom is -0.507 e. The fraction of sp³-hybridized carbons (Fsp3) is 0.250. The van der Waals surface area contributed by atoms with E-state index in [4.69, 9.17) is 9.84 Å². The Morgan fingerprint density at radius 2 is 1.89 bits per heavy atom. The second-order valence-electron chi connectivity index (χ2n) is 3.20. The van der Waals surface area contributed by atoms with Gasteiger partial charge in [0.15, 0.2) is 0 Å². The van der Waals surface area contributed by atoms with Gasteiger partial charge in [-0.05, 0) is 18.4 Å². The van der Waals surface area contributed by atoms with Crippen LogP contribution in [0, 0.1) is 38.0 Å². The molecule has 0 aliphatic rings. The molecular formula is C12H13N2O3U-. The van der Waals surface area contributed by atoms with E-state index in [9.17, 15) is 4.79 Å². The van der Waals surface area contributed by atoms with Crippen LogP contribution >= 0.6 is 0 Å². The number of aliphatic hydroxyl groups excluding tert-OH is 1. The van der Waals surface area contributed by atoms with Crippen molar-refractivity contribution in [1.82, 2.24) is 10.2 Å².